The number of hydrogen-bond acceptors (Lipinski definition) is 9. The molecule has 0 spiro atoms. The van der Waals surface area contributed by atoms with E-state index in [1.54, 1.807) is 18.6 Å². The molecule has 0 unspecified atom stereocenters. The summed E-state index contributed by atoms with van der Waals surface area (Å²) >= 11 is 0. The summed E-state index contributed by atoms with van der Waals surface area (Å²) in [7, 11) is 0. The number of nitrogens with zero attached hydrogens (tertiary/aromatic N) is 5. The van der Waals surface area contributed by atoms with Crippen LogP contribution in [-0.2, 0) is 110 Å². The van der Waals surface area contributed by atoms with E-state index in [0.29, 0.717) is 0 Å². The first-order chi connectivity index (χ1) is 52.6. The number of aliphatic hydroxyl groups is 2. The normalized spacial score (nSPS) is 10.0. The Hall–Kier alpha value is -10.4. The maximum Gasteiger partial charge on any atom is 0.155 e. The summed E-state index contributed by atoms with van der Waals surface area (Å²) in [5, 5.41) is 16.7. The van der Waals surface area contributed by atoms with Gasteiger partial charge < -0.3 is 35.1 Å². The summed E-state index contributed by atoms with van der Waals surface area (Å²) in [6.45, 7) is 14.2. The molecule has 5 aromatic heterocycles. The Kier molecular flexibility index (Phi) is 43.1. The molecule has 5 heterocycles. The Morgan fingerprint density at radius 1 is 0.292 bits per heavy atom. The van der Waals surface area contributed by atoms with Crippen LogP contribution in [-0.4, -0.2) is 46.7 Å². The van der Waals surface area contributed by atoms with Crippen LogP contribution >= 0.6 is 0 Å². The zero-order valence-electron chi connectivity index (χ0n) is 63.6. The number of carbonyl (C=O) groups is 2. The fourth-order valence-electron chi connectivity index (χ4n) is 11.3. The van der Waals surface area contributed by atoms with Crippen LogP contribution in [0.4, 0.5) is 0 Å². The van der Waals surface area contributed by atoms with Gasteiger partial charge in [0.15, 0.2) is 11.6 Å². The van der Waals surface area contributed by atoms with E-state index in [4.69, 9.17) is 10.2 Å². The molecule has 0 fully saturated rings. The molecule has 9 nitrogen and oxygen atoms in total. The van der Waals surface area contributed by atoms with Crippen molar-refractivity contribution in [3.05, 3.63) is 417 Å². The van der Waals surface area contributed by atoms with E-state index in [1.165, 1.54) is 118 Å². The number of benzene rings is 10. The van der Waals surface area contributed by atoms with Crippen molar-refractivity contribution in [2.75, 3.05) is 0 Å². The van der Waals surface area contributed by atoms with E-state index in [9.17, 15) is 9.59 Å². The molecule has 0 saturated heterocycles. The summed E-state index contributed by atoms with van der Waals surface area (Å²) < 4.78 is 0. The second kappa shape index (κ2) is 51.3. The predicted octanol–water partition coefficient (Wildman–Crippen LogP) is 24.4. The fourth-order valence-corrected chi connectivity index (χ4v) is 11.3. The SMILES string of the molecule is CC(=O)C=C(C)O.CC(=O)C=C(C)O.Cc1c(-c2ccccn2)[c-]ccc1-c1ccccc1.Cc1ccccc1-c1c[c-]c(-c2ccccn2)cc1.Cc1ccccc1-c1c[c-]c(-c2ccccn2)cc1.Cc1cccnc1-c1[c-]ccc(-c2ccccc2)c1.[Ir].[Ir].[Ir].[Ir].[Ir].[c-]1cc(-c2ccccc2)ccc1-c1ccccn1. The Morgan fingerprint density at radius 2 is 0.646 bits per heavy atom. The second-order valence-electron chi connectivity index (χ2n) is 24.9. The van der Waals surface area contributed by atoms with Gasteiger partial charge in [0.25, 0.3) is 0 Å². The van der Waals surface area contributed by atoms with E-state index in [1.807, 2.05) is 152 Å². The molecule has 0 atom stereocenters. The molecule has 0 bridgehead atoms. The summed E-state index contributed by atoms with van der Waals surface area (Å²) in [5.41, 5.74) is 27.1. The minimum absolute atomic E-state index is 0. The third-order valence-corrected chi connectivity index (χ3v) is 16.5. The standard InChI is InChI=1S/4C18H14N.C17H12N.2C5H8O2.5Ir/c2*1-14-6-2-3-7-17(14)15-9-11-16(12-10-15)18-8-4-5-13-19-18;1-14-7-6-12-19-18(14)17-11-5-10-16(13-17)15-8-3-2-4-9-15;1-14-16(15-8-3-2-4-9-15)10-7-11-17(14)18-12-5-6-13-19-18;1-2-6-14(7-3-1)15-9-11-16(12-10-15)17-8-4-5-13-18-17;2*1-4(6)3-5(2)7;;;;;/h2*2-11,13H,1H3;2*2-10,12-13H,1H3;1-11,13H;2*3,6H,1-2H3;;;;;/q5*-1;;;;;;;. The molecule has 15 rings (SSSR count). The number of carbonyl (C=O) groups excluding carboxylic acids is 2. The first-order valence-corrected chi connectivity index (χ1v) is 35.3. The zero-order valence-corrected chi connectivity index (χ0v) is 75.6. The van der Waals surface area contributed by atoms with Crippen LogP contribution in [0.5, 0.6) is 0 Å². The van der Waals surface area contributed by atoms with E-state index < -0.39 is 0 Å². The van der Waals surface area contributed by atoms with Gasteiger partial charge in [0.2, 0.25) is 0 Å². The molecule has 0 aliphatic heterocycles. The monoisotopic (exact) mass is 2370 g/mol. The molecule has 15 aromatic rings. The van der Waals surface area contributed by atoms with Crippen molar-refractivity contribution in [2.45, 2.75) is 55.4 Å². The zero-order chi connectivity index (χ0) is 76.2. The van der Waals surface area contributed by atoms with Gasteiger partial charge in [0.05, 0.1) is 11.5 Å². The molecule has 0 amide bonds. The topological polar surface area (TPSA) is 139 Å². The summed E-state index contributed by atoms with van der Waals surface area (Å²) in [6, 6.07) is 121. The number of rotatable bonds is 12. The van der Waals surface area contributed by atoms with Gasteiger partial charge in [0, 0.05) is 144 Å². The van der Waals surface area contributed by atoms with Gasteiger partial charge in [0.1, 0.15) is 0 Å². The Bertz CT molecular complexity index is 5050. The average molecular weight is 2370 g/mol. The maximum atomic E-state index is 10.0. The van der Waals surface area contributed by atoms with E-state index >= 15 is 0 Å². The van der Waals surface area contributed by atoms with Crippen molar-refractivity contribution in [3.8, 4) is 112 Å². The average Bonchev–Trinajstić information content (AvgIpc) is 0.814. The van der Waals surface area contributed by atoms with Gasteiger partial charge in [-0.05, 0) is 118 Å². The molecule has 0 saturated carbocycles. The number of pyridine rings is 5. The molecule has 2 N–H and O–H groups in total. The van der Waals surface area contributed by atoms with Crippen LogP contribution in [0.1, 0.15) is 49.9 Å². The largest absolute Gasteiger partial charge is 0.512 e. The molecule has 0 aliphatic rings. The van der Waals surface area contributed by atoms with Crippen LogP contribution in [0.2, 0.25) is 0 Å². The molecule has 10 aromatic carbocycles. The molecule has 579 valence electrons. The molecule has 5 radical (unpaired) electrons. The van der Waals surface area contributed by atoms with Crippen molar-refractivity contribution in [2.24, 2.45) is 0 Å². The Morgan fingerprint density at radius 3 is 1.01 bits per heavy atom. The van der Waals surface area contributed by atoms with Gasteiger partial charge in [-0.3, -0.25) is 9.59 Å². The number of aliphatic hydroxyl groups excluding tert-OH is 2. The van der Waals surface area contributed by atoms with Gasteiger partial charge in [-0.1, -0.05) is 257 Å². The van der Waals surface area contributed by atoms with Crippen molar-refractivity contribution in [3.63, 3.8) is 0 Å². The molecular weight excluding hydrogens is 2280 g/mol. The van der Waals surface area contributed by atoms with Gasteiger partial charge in [-0.25, -0.2) is 0 Å². The van der Waals surface area contributed by atoms with Crippen LogP contribution in [0, 0.1) is 58.0 Å². The third-order valence-electron chi connectivity index (χ3n) is 16.5. The van der Waals surface area contributed by atoms with Crippen LogP contribution in [0.3, 0.4) is 0 Å². The van der Waals surface area contributed by atoms with Gasteiger partial charge in [-0.15, -0.1) is 154 Å². The molecule has 14 heteroatoms. The Balaban J connectivity index is 0.000000282. The molecule has 0 aliphatic carbocycles. The number of aromatic nitrogens is 5. The number of aryl methyl sites for hydroxylation is 3. The van der Waals surface area contributed by atoms with Crippen molar-refractivity contribution in [1.82, 2.24) is 24.9 Å². The summed E-state index contributed by atoms with van der Waals surface area (Å²) in [6.07, 6.45) is 11.4. The van der Waals surface area contributed by atoms with Crippen molar-refractivity contribution < 1.29 is 120 Å². The van der Waals surface area contributed by atoms with Crippen molar-refractivity contribution >= 4 is 11.6 Å². The maximum absolute atomic E-state index is 10.0. The smallest absolute Gasteiger partial charge is 0.155 e. The summed E-state index contributed by atoms with van der Waals surface area (Å²) in [4.78, 5) is 41.9. The fraction of sp³-hybridized carbons (Fsp3) is 0.0808. The van der Waals surface area contributed by atoms with E-state index in [2.05, 4.69) is 253 Å². The first-order valence-electron chi connectivity index (χ1n) is 35.3. The minimum atomic E-state index is -0.125. The van der Waals surface area contributed by atoms with Crippen LogP contribution < -0.4 is 0 Å². The number of hydrogen-bond donors (Lipinski definition) is 2. The second-order valence-corrected chi connectivity index (χ2v) is 24.9. The van der Waals surface area contributed by atoms with Gasteiger partial charge >= 0.3 is 0 Å². The van der Waals surface area contributed by atoms with E-state index in [-0.39, 0.29) is 124 Å². The van der Waals surface area contributed by atoms with Gasteiger partial charge in [-0.2, -0.15) is 0 Å². The molecule has 113 heavy (non-hydrogen) atoms. The number of allylic oxidation sites excluding steroid dienone is 4. The molecular formula is C99H84Ir5N5O4-5. The first kappa shape index (κ1) is 95.0. The van der Waals surface area contributed by atoms with Crippen LogP contribution in [0.15, 0.2) is 364 Å². The van der Waals surface area contributed by atoms with E-state index in [0.717, 1.165) is 56.3 Å². The Labute approximate surface area is 733 Å². The van der Waals surface area contributed by atoms with Crippen LogP contribution in [0.25, 0.3) is 112 Å². The predicted molar refractivity (Wildman–Crippen MR) is 443 cm³/mol. The minimum Gasteiger partial charge on any atom is -0.512 e. The third kappa shape index (κ3) is 30.9. The van der Waals surface area contributed by atoms with Crippen molar-refractivity contribution in [1.29, 1.82) is 0 Å². The number of ketones is 2. The summed E-state index contributed by atoms with van der Waals surface area (Å²) in [5.74, 6) is -0.125. The quantitative estimate of drug-likeness (QED) is 0.0695.